The van der Waals surface area contributed by atoms with Gasteiger partial charge in [0.1, 0.15) is 0 Å². The molecule has 0 heterocycles. The Morgan fingerprint density at radius 2 is 0.725 bits per heavy atom. The van der Waals surface area contributed by atoms with Crippen LogP contribution in [0.25, 0.3) is 66.1 Å². The SMILES string of the molecule is c1ccc(-c2ccc(N(c3ccc(-c4cc(-c5ccccc5)cc5ccccc45)cc3)c3cccc4c(-c5ccccc5)cccc34)cc2)cc1. The second-order valence-electron chi connectivity index (χ2n) is 13.0. The highest BCUT2D eigenvalue weighted by Gasteiger charge is 2.18. The smallest absolute Gasteiger partial charge is 0.0540 e. The van der Waals surface area contributed by atoms with E-state index in [2.05, 4.69) is 217 Å². The fourth-order valence-electron chi connectivity index (χ4n) is 7.36. The summed E-state index contributed by atoms with van der Waals surface area (Å²) in [4.78, 5) is 2.40. The average molecular weight is 650 g/mol. The van der Waals surface area contributed by atoms with E-state index in [0.717, 1.165) is 17.1 Å². The summed E-state index contributed by atoms with van der Waals surface area (Å²) in [5.41, 5.74) is 13.1. The first-order valence-electron chi connectivity index (χ1n) is 17.5. The van der Waals surface area contributed by atoms with Gasteiger partial charge < -0.3 is 4.90 Å². The summed E-state index contributed by atoms with van der Waals surface area (Å²) in [6, 6.07) is 76.6. The summed E-state index contributed by atoms with van der Waals surface area (Å²) < 4.78 is 0. The lowest BCUT2D eigenvalue weighted by Crippen LogP contribution is -2.10. The minimum atomic E-state index is 1.10. The monoisotopic (exact) mass is 649 g/mol. The highest BCUT2D eigenvalue weighted by molar-refractivity contribution is 6.06. The van der Waals surface area contributed by atoms with E-state index in [1.165, 1.54) is 66.1 Å². The predicted molar refractivity (Wildman–Crippen MR) is 218 cm³/mol. The van der Waals surface area contributed by atoms with E-state index in [4.69, 9.17) is 0 Å². The molecule has 0 saturated carbocycles. The van der Waals surface area contributed by atoms with Gasteiger partial charge >= 0.3 is 0 Å². The molecule has 0 spiro atoms. The van der Waals surface area contributed by atoms with Crippen LogP contribution in [-0.4, -0.2) is 0 Å². The van der Waals surface area contributed by atoms with Crippen LogP contribution in [0.1, 0.15) is 0 Å². The molecule has 9 rings (SSSR count). The van der Waals surface area contributed by atoms with Crippen LogP contribution in [0, 0.1) is 0 Å². The van der Waals surface area contributed by atoms with Crippen LogP contribution in [-0.2, 0) is 0 Å². The van der Waals surface area contributed by atoms with Gasteiger partial charge in [0, 0.05) is 16.8 Å². The minimum Gasteiger partial charge on any atom is -0.310 e. The largest absolute Gasteiger partial charge is 0.310 e. The number of hydrogen-bond acceptors (Lipinski definition) is 1. The number of nitrogens with zero attached hydrogens (tertiary/aromatic N) is 1. The molecule has 0 atom stereocenters. The van der Waals surface area contributed by atoms with Crippen LogP contribution < -0.4 is 4.90 Å². The first-order chi connectivity index (χ1) is 25.3. The van der Waals surface area contributed by atoms with Crippen molar-refractivity contribution in [3.8, 4) is 44.5 Å². The fourth-order valence-corrected chi connectivity index (χ4v) is 7.36. The van der Waals surface area contributed by atoms with Crippen LogP contribution >= 0.6 is 0 Å². The van der Waals surface area contributed by atoms with Crippen LogP contribution in [0.3, 0.4) is 0 Å². The Morgan fingerprint density at radius 3 is 1.39 bits per heavy atom. The van der Waals surface area contributed by atoms with Crippen LogP contribution in [0.15, 0.2) is 212 Å². The van der Waals surface area contributed by atoms with Gasteiger partial charge in [0.25, 0.3) is 0 Å². The van der Waals surface area contributed by atoms with Crippen molar-refractivity contribution < 1.29 is 0 Å². The third-order valence-corrected chi connectivity index (χ3v) is 9.86. The molecule has 0 N–H and O–H groups in total. The topological polar surface area (TPSA) is 3.24 Å². The van der Waals surface area contributed by atoms with Gasteiger partial charge in [0.15, 0.2) is 0 Å². The van der Waals surface area contributed by atoms with E-state index in [9.17, 15) is 0 Å². The average Bonchev–Trinajstić information content (AvgIpc) is 3.22. The molecule has 240 valence electrons. The van der Waals surface area contributed by atoms with Gasteiger partial charge in [-0.15, -0.1) is 0 Å². The molecule has 0 aliphatic rings. The van der Waals surface area contributed by atoms with Gasteiger partial charge in [0.2, 0.25) is 0 Å². The van der Waals surface area contributed by atoms with Gasteiger partial charge in [-0.3, -0.25) is 0 Å². The zero-order valence-electron chi connectivity index (χ0n) is 28.2. The van der Waals surface area contributed by atoms with Gasteiger partial charge in [-0.25, -0.2) is 0 Å². The van der Waals surface area contributed by atoms with E-state index in [0.29, 0.717) is 0 Å². The van der Waals surface area contributed by atoms with Crippen molar-refractivity contribution in [3.05, 3.63) is 212 Å². The third kappa shape index (κ3) is 5.86. The molecule has 0 aliphatic carbocycles. The minimum absolute atomic E-state index is 1.10. The van der Waals surface area contributed by atoms with Crippen molar-refractivity contribution >= 4 is 38.6 Å². The first-order valence-corrected chi connectivity index (χ1v) is 17.5. The molecule has 0 aliphatic heterocycles. The lowest BCUT2D eigenvalue weighted by atomic mass is 9.93. The summed E-state index contributed by atoms with van der Waals surface area (Å²) in [6.07, 6.45) is 0. The summed E-state index contributed by atoms with van der Waals surface area (Å²) in [5, 5.41) is 4.92. The lowest BCUT2D eigenvalue weighted by molar-refractivity contribution is 1.30. The first kappa shape index (κ1) is 30.4. The standard InChI is InChI=1S/C50H35N/c1-4-14-36(15-5-1)38-26-30-43(31-27-38)51(50-25-13-23-47-45(22-12-24-48(47)50)39-18-8-3-9-19-39)44-32-28-40(29-33-44)49-35-42(37-16-6-2-7-17-37)34-41-20-10-11-21-46(41)49/h1-35H. The zero-order chi connectivity index (χ0) is 34.0. The Balaban J connectivity index is 1.19. The molecular formula is C50H35N. The number of hydrogen-bond donors (Lipinski definition) is 0. The van der Waals surface area contributed by atoms with Gasteiger partial charge in [-0.1, -0.05) is 170 Å². The Labute approximate surface area is 299 Å². The zero-order valence-corrected chi connectivity index (χ0v) is 28.2. The maximum Gasteiger partial charge on any atom is 0.0540 e. The van der Waals surface area contributed by atoms with E-state index < -0.39 is 0 Å². The van der Waals surface area contributed by atoms with Gasteiger partial charge in [-0.05, 0) is 103 Å². The van der Waals surface area contributed by atoms with E-state index >= 15 is 0 Å². The van der Waals surface area contributed by atoms with Gasteiger partial charge in [-0.2, -0.15) is 0 Å². The number of rotatable bonds is 7. The summed E-state index contributed by atoms with van der Waals surface area (Å²) >= 11 is 0. The molecule has 1 heteroatoms. The van der Waals surface area contributed by atoms with E-state index in [-0.39, 0.29) is 0 Å². The fraction of sp³-hybridized carbons (Fsp3) is 0. The molecule has 0 radical (unpaired) electrons. The van der Waals surface area contributed by atoms with Crippen LogP contribution in [0.4, 0.5) is 17.1 Å². The molecule has 0 fully saturated rings. The maximum atomic E-state index is 2.40. The number of benzene rings is 9. The number of fused-ring (bicyclic) bond motifs is 2. The normalized spacial score (nSPS) is 11.1. The third-order valence-electron chi connectivity index (χ3n) is 9.86. The highest BCUT2D eigenvalue weighted by atomic mass is 15.1. The van der Waals surface area contributed by atoms with E-state index in [1.54, 1.807) is 0 Å². The molecule has 1 nitrogen and oxygen atoms in total. The second kappa shape index (κ2) is 13.3. The van der Waals surface area contributed by atoms with Crippen molar-refractivity contribution in [3.63, 3.8) is 0 Å². The Kier molecular flexibility index (Phi) is 7.92. The Hall–Kier alpha value is -6.70. The van der Waals surface area contributed by atoms with Crippen molar-refractivity contribution in [1.82, 2.24) is 0 Å². The van der Waals surface area contributed by atoms with Crippen molar-refractivity contribution in [2.45, 2.75) is 0 Å². The van der Waals surface area contributed by atoms with Crippen LogP contribution in [0.2, 0.25) is 0 Å². The molecule has 9 aromatic rings. The number of anilines is 3. The molecule has 0 aromatic heterocycles. The molecule has 0 amide bonds. The lowest BCUT2D eigenvalue weighted by Gasteiger charge is -2.27. The van der Waals surface area contributed by atoms with Gasteiger partial charge in [0.05, 0.1) is 5.69 Å². The Bertz CT molecular complexity index is 2590. The van der Waals surface area contributed by atoms with E-state index in [1.807, 2.05) is 0 Å². The molecule has 0 saturated heterocycles. The molecule has 0 unspecified atom stereocenters. The highest BCUT2D eigenvalue weighted by Crippen LogP contribution is 2.43. The summed E-state index contributed by atoms with van der Waals surface area (Å²) in [6.45, 7) is 0. The maximum absolute atomic E-state index is 2.40. The predicted octanol–water partition coefficient (Wildman–Crippen LogP) is 14.1. The second-order valence-corrected chi connectivity index (χ2v) is 13.0. The molecule has 51 heavy (non-hydrogen) atoms. The molecule has 9 aromatic carbocycles. The Morgan fingerprint density at radius 1 is 0.255 bits per heavy atom. The summed E-state index contributed by atoms with van der Waals surface area (Å²) in [5.74, 6) is 0. The molecule has 0 bridgehead atoms. The summed E-state index contributed by atoms with van der Waals surface area (Å²) in [7, 11) is 0. The quantitative estimate of drug-likeness (QED) is 0.166. The van der Waals surface area contributed by atoms with Crippen LogP contribution in [0.5, 0.6) is 0 Å². The van der Waals surface area contributed by atoms with Crippen molar-refractivity contribution in [1.29, 1.82) is 0 Å². The van der Waals surface area contributed by atoms with Crippen molar-refractivity contribution in [2.24, 2.45) is 0 Å². The van der Waals surface area contributed by atoms with Crippen molar-refractivity contribution in [2.75, 3.05) is 4.90 Å². The molecular weight excluding hydrogens is 615 g/mol.